The molecule has 0 aromatic heterocycles. The van der Waals surface area contributed by atoms with Crippen molar-refractivity contribution in [1.82, 2.24) is 10.2 Å². The number of sulfonamides is 1. The molecule has 1 fully saturated rings. The topological polar surface area (TPSA) is 61.4 Å². The van der Waals surface area contributed by atoms with Crippen molar-refractivity contribution in [3.05, 3.63) is 65.2 Å². The molecule has 6 heteroatoms. The molecule has 27 heavy (non-hydrogen) atoms. The van der Waals surface area contributed by atoms with Crippen LogP contribution in [0, 0.1) is 0 Å². The van der Waals surface area contributed by atoms with Gasteiger partial charge in [-0.3, -0.25) is 9.62 Å². The molecule has 0 radical (unpaired) electrons. The number of benzene rings is 2. The van der Waals surface area contributed by atoms with E-state index in [4.69, 9.17) is 0 Å². The number of nitrogens with one attached hydrogen (secondary N) is 2. The Kier molecular flexibility index (Phi) is 6.19. The molecule has 0 aliphatic carbocycles. The zero-order chi connectivity index (χ0) is 19.4. The van der Waals surface area contributed by atoms with E-state index in [-0.39, 0.29) is 0 Å². The summed E-state index contributed by atoms with van der Waals surface area (Å²) < 4.78 is 25.2. The van der Waals surface area contributed by atoms with Crippen LogP contribution in [0.3, 0.4) is 0 Å². The molecule has 2 N–H and O–H groups in total. The normalized spacial score (nSPS) is 18.6. The van der Waals surface area contributed by atoms with E-state index in [9.17, 15) is 8.42 Å². The zero-order valence-corrected chi connectivity index (χ0v) is 17.1. The van der Waals surface area contributed by atoms with Crippen molar-refractivity contribution >= 4 is 15.7 Å². The van der Waals surface area contributed by atoms with Crippen molar-refractivity contribution in [3.8, 4) is 0 Å². The molecule has 0 unspecified atom stereocenters. The quantitative estimate of drug-likeness (QED) is 0.798. The predicted molar refractivity (Wildman–Crippen MR) is 111 cm³/mol. The van der Waals surface area contributed by atoms with Crippen LogP contribution in [0.5, 0.6) is 0 Å². The maximum Gasteiger partial charge on any atom is 0.229 e. The lowest BCUT2D eigenvalue weighted by molar-refractivity contribution is 0.192. The maximum absolute atomic E-state index is 11.3. The Morgan fingerprint density at radius 1 is 1.15 bits per heavy atom. The van der Waals surface area contributed by atoms with Gasteiger partial charge in [-0.15, -0.1) is 0 Å². The Morgan fingerprint density at radius 2 is 1.85 bits per heavy atom. The molecule has 1 atom stereocenters. The van der Waals surface area contributed by atoms with Crippen molar-refractivity contribution < 1.29 is 8.42 Å². The van der Waals surface area contributed by atoms with Gasteiger partial charge in [0.15, 0.2) is 0 Å². The Hall–Kier alpha value is -1.89. The summed E-state index contributed by atoms with van der Waals surface area (Å²) in [6.07, 6.45) is 1.16. The number of hydrogen-bond acceptors (Lipinski definition) is 4. The van der Waals surface area contributed by atoms with E-state index >= 15 is 0 Å². The molecule has 0 saturated carbocycles. The zero-order valence-electron chi connectivity index (χ0n) is 16.3. The maximum atomic E-state index is 11.3. The number of rotatable bonds is 6. The number of piperazine rings is 1. The summed E-state index contributed by atoms with van der Waals surface area (Å²) in [5.74, 6) is 0.508. The monoisotopic (exact) mass is 387 g/mol. The van der Waals surface area contributed by atoms with E-state index in [0.717, 1.165) is 32.4 Å². The predicted octanol–water partition coefficient (Wildman–Crippen LogP) is 3.33. The first-order valence-electron chi connectivity index (χ1n) is 9.43. The van der Waals surface area contributed by atoms with E-state index < -0.39 is 10.0 Å². The van der Waals surface area contributed by atoms with Crippen molar-refractivity contribution in [3.63, 3.8) is 0 Å². The average Bonchev–Trinajstić information content (AvgIpc) is 2.62. The van der Waals surface area contributed by atoms with Gasteiger partial charge in [-0.1, -0.05) is 50.2 Å². The molecule has 0 bridgehead atoms. The molecule has 5 nitrogen and oxygen atoms in total. The second kappa shape index (κ2) is 8.42. The highest BCUT2D eigenvalue weighted by Gasteiger charge is 2.23. The summed E-state index contributed by atoms with van der Waals surface area (Å²) in [6, 6.07) is 16.7. The minimum absolute atomic E-state index is 0.337. The van der Waals surface area contributed by atoms with E-state index in [0.29, 0.717) is 17.6 Å². The van der Waals surface area contributed by atoms with Crippen molar-refractivity contribution in [1.29, 1.82) is 0 Å². The smallest absolute Gasteiger partial charge is 0.229 e. The summed E-state index contributed by atoms with van der Waals surface area (Å²) in [6.45, 7) is 8.28. The van der Waals surface area contributed by atoms with Crippen molar-refractivity contribution in [2.24, 2.45) is 0 Å². The van der Waals surface area contributed by atoms with Crippen LogP contribution in [-0.2, 0) is 16.6 Å². The molecular formula is C21H29N3O2S. The van der Waals surface area contributed by atoms with Gasteiger partial charge in [0, 0.05) is 37.9 Å². The fourth-order valence-electron chi connectivity index (χ4n) is 3.67. The van der Waals surface area contributed by atoms with Gasteiger partial charge in [0.2, 0.25) is 10.0 Å². The Bertz CT molecular complexity index is 863. The van der Waals surface area contributed by atoms with Crippen LogP contribution in [0.4, 0.5) is 5.69 Å². The van der Waals surface area contributed by atoms with Crippen LogP contribution in [0.2, 0.25) is 0 Å². The lowest BCUT2D eigenvalue weighted by atomic mass is 9.92. The van der Waals surface area contributed by atoms with Crippen LogP contribution in [-0.4, -0.2) is 39.2 Å². The third kappa shape index (κ3) is 5.54. The largest absolute Gasteiger partial charge is 0.308 e. The van der Waals surface area contributed by atoms with E-state index in [1.165, 1.54) is 16.7 Å². The fourth-order valence-corrected chi connectivity index (χ4v) is 4.23. The highest BCUT2D eigenvalue weighted by molar-refractivity contribution is 7.92. The first-order valence-corrected chi connectivity index (χ1v) is 11.3. The highest BCUT2D eigenvalue weighted by Crippen LogP contribution is 2.27. The van der Waals surface area contributed by atoms with Gasteiger partial charge in [-0.05, 0) is 34.7 Å². The molecule has 2 aromatic rings. The lowest BCUT2D eigenvalue weighted by Crippen LogP contribution is -2.45. The van der Waals surface area contributed by atoms with Gasteiger partial charge in [-0.2, -0.15) is 0 Å². The molecule has 0 amide bonds. The number of anilines is 1. The Balaban J connectivity index is 1.67. The SMILES string of the molecule is CC(C)c1ccccc1[C@@H]1CN(Cc2ccc(NS(C)(=O)=O)cc2)CCN1. The minimum atomic E-state index is -3.24. The standard InChI is InChI=1S/C21H29N3O2S/c1-16(2)19-6-4-5-7-20(19)21-15-24(13-12-22-21)14-17-8-10-18(11-9-17)23-27(3,25)26/h4-11,16,21-23H,12-15H2,1-3H3/t21-/m0/s1. The first kappa shape index (κ1) is 19.9. The summed E-state index contributed by atoms with van der Waals surface area (Å²) in [5, 5.41) is 3.66. The van der Waals surface area contributed by atoms with E-state index in [1.807, 2.05) is 24.3 Å². The van der Waals surface area contributed by atoms with Gasteiger partial charge >= 0.3 is 0 Å². The molecule has 0 spiro atoms. The van der Waals surface area contributed by atoms with Gasteiger partial charge in [-0.25, -0.2) is 8.42 Å². The molecule has 1 saturated heterocycles. The van der Waals surface area contributed by atoms with Crippen LogP contribution in [0.1, 0.15) is 42.5 Å². The molecule has 1 aliphatic rings. The average molecular weight is 388 g/mol. The van der Waals surface area contributed by atoms with E-state index in [2.05, 4.69) is 53.1 Å². The molecule has 2 aromatic carbocycles. The van der Waals surface area contributed by atoms with Crippen LogP contribution < -0.4 is 10.0 Å². The third-order valence-corrected chi connectivity index (χ3v) is 5.52. The summed E-state index contributed by atoms with van der Waals surface area (Å²) >= 11 is 0. The van der Waals surface area contributed by atoms with Crippen molar-refractivity contribution in [2.45, 2.75) is 32.4 Å². The van der Waals surface area contributed by atoms with Crippen LogP contribution in [0.25, 0.3) is 0 Å². The number of nitrogens with zero attached hydrogens (tertiary/aromatic N) is 1. The molecule has 3 rings (SSSR count). The molecular weight excluding hydrogens is 358 g/mol. The Morgan fingerprint density at radius 3 is 2.52 bits per heavy atom. The van der Waals surface area contributed by atoms with E-state index in [1.54, 1.807) is 0 Å². The van der Waals surface area contributed by atoms with Gasteiger partial charge in [0.25, 0.3) is 0 Å². The molecule has 1 heterocycles. The summed E-state index contributed by atoms with van der Waals surface area (Å²) in [4.78, 5) is 2.46. The first-order chi connectivity index (χ1) is 12.8. The molecule has 1 aliphatic heterocycles. The lowest BCUT2D eigenvalue weighted by Gasteiger charge is -2.35. The van der Waals surface area contributed by atoms with Gasteiger partial charge in [0.1, 0.15) is 0 Å². The number of hydrogen-bond donors (Lipinski definition) is 2. The summed E-state index contributed by atoms with van der Waals surface area (Å²) in [7, 11) is -3.24. The second-order valence-electron chi connectivity index (χ2n) is 7.60. The van der Waals surface area contributed by atoms with Gasteiger partial charge < -0.3 is 5.32 Å². The van der Waals surface area contributed by atoms with Gasteiger partial charge in [0.05, 0.1) is 6.26 Å². The second-order valence-corrected chi connectivity index (χ2v) is 9.35. The van der Waals surface area contributed by atoms with Crippen LogP contribution in [0.15, 0.2) is 48.5 Å². The van der Waals surface area contributed by atoms with Crippen molar-refractivity contribution in [2.75, 3.05) is 30.6 Å². The summed E-state index contributed by atoms with van der Waals surface area (Å²) in [5.41, 5.74) is 4.59. The van der Waals surface area contributed by atoms with Crippen LogP contribution >= 0.6 is 0 Å². The fraction of sp³-hybridized carbons (Fsp3) is 0.429. The Labute approximate surface area is 162 Å². The highest BCUT2D eigenvalue weighted by atomic mass is 32.2. The third-order valence-electron chi connectivity index (χ3n) is 4.92. The molecule has 146 valence electrons. The minimum Gasteiger partial charge on any atom is -0.308 e.